The normalized spacial score (nSPS) is 31.3. The van der Waals surface area contributed by atoms with E-state index in [2.05, 4.69) is 0 Å². The summed E-state index contributed by atoms with van der Waals surface area (Å²) in [7, 11) is 1.67. The van der Waals surface area contributed by atoms with Crippen molar-refractivity contribution >= 4 is 5.91 Å². The van der Waals surface area contributed by atoms with E-state index in [1.807, 2.05) is 12.3 Å². The molecule has 1 amide bonds. The molecule has 84 valence electrons. The third-order valence-electron chi connectivity index (χ3n) is 2.83. The van der Waals surface area contributed by atoms with Gasteiger partial charge in [-0.05, 0) is 19.3 Å². The van der Waals surface area contributed by atoms with Crippen LogP contribution in [0.5, 0.6) is 0 Å². The molecule has 2 rings (SSSR count). The van der Waals surface area contributed by atoms with Crippen LogP contribution in [0.1, 0.15) is 25.7 Å². The maximum atomic E-state index is 11.6. The number of ether oxygens (including phenoxy) is 2. The fraction of sp³-hybridized carbons (Fsp3) is 0.727. The third-order valence-corrected chi connectivity index (χ3v) is 2.83. The number of nitrogens with zero attached hydrogens (tertiary/aromatic N) is 1. The minimum absolute atomic E-state index is 0.0748. The van der Waals surface area contributed by atoms with E-state index in [-0.39, 0.29) is 18.2 Å². The molecule has 0 aromatic carbocycles. The molecule has 2 atom stereocenters. The summed E-state index contributed by atoms with van der Waals surface area (Å²) < 4.78 is 10.8. The Balaban J connectivity index is 1.92. The van der Waals surface area contributed by atoms with Crippen molar-refractivity contribution in [3.63, 3.8) is 0 Å². The highest BCUT2D eigenvalue weighted by molar-refractivity contribution is 5.78. The SMILES string of the molecule is COCC1CCC(N2C=CCCC2=O)O1. The molecule has 1 saturated heterocycles. The second kappa shape index (κ2) is 4.77. The third kappa shape index (κ3) is 2.38. The van der Waals surface area contributed by atoms with E-state index in [9.17, 15) is 4.79 Å². The van der Waals surface area contributed by atoms with E-state index in [0.717, 1.165) is 19.3 Å². The lowest BCUT2D eigenvalue weighted by Crippen LogP contribution is -2.37. The van der Waals surface area contributed by atoms with Crippen molar-refractivity contribution < 1.29 is 14.3 Å². The predicted octanol–water partition coefficient (Wildman–Crippen LogP) is 1.27. The van der Waals surface area contributed by atoms with Crippen LogP contribution in [0.15, 0.2) is 12.3 Å². The minimum Gasteiger partial charge on any atom is -0.382 e. The highest BCUT2D eigenvalue weighted by Crippen LogP contribution is 2.25. The van der Waals surface area contributed by atoms with E-state index in [0.29, 0.717) is 13.0 Å². The molecule has 4 nitrogen and oxygen atoms in total. The van der Waals surface area contributed by atoms with Gasteiger partial charge in [-0.1, -0.05) is 6.08 Å². The average molecular weight is 211 g/mol. The first-order valence-electron chi connectivity index (χ1n) is 5.43. The van der Waals surface area contributed by atoms with Gasteiger partial charge in [0.15, 0.2) is 0 Å². The van der Waals surface area contributed by atoms with E-state index < -0.39 is 0 Å². The Kier molecular flexibility index (Phi) is 3.38. The zero-order valence-corrected chi connectivity index (χ0v) is 9.02. The van der Waals surface area contributed by atoms with Gasteiger partial charge in [-0.2, -0.15) is 0 Å². The van der Waals surface area contributed by atoms with Crippen LogP contribution in [-0.4, -0.2) is 36.9 Å². The number of carbonyl (C=O) groups excluding carboxylic acids is 1. The number of methoxy groups -OCH3 is 1. The van der Waals surface area contributed by atoms with Crippen molar-refractivity contribution in [2.24, 2.45) is 0 Å². The largest absolute Gasteiger partial charge is 0.382 e. The van der Waals surface area contributed by atoms with Gasteiger partial charge in [-0.25, -0.2) is 0 Å². The van der Waals surface area contributed by atoms with Gasteiger partial charge in [-0.3, -0.25) is 9.69 Å². The van der Waals surface area contributed by atoms with Crippen molar-refractivity contribution in [2.45, 2.75) is 38.0 Å². The Morgan fingerprint density at radius 2 is 2.47 bits per heavy atom. The predicted molar refractivity (Wildman–Crippen MR) is 55.0 cm³/mol. The topological polar surface area (TPSA) is 38.8 Å². The van der Waals surface area contributed by atoms with Crippen molar-refractivity contribution in [2.75, 3.05) is 13.7 Å². The number of amides is 1. The van der Waals surface area contributed by atoms with Crippen LogP contribution in [-0.2, 0) is 14.3 Å². The fourth-order valence-corrected chi connectivity index (χ4v) is 2.06. The molecule has 2 unspecified atom stereocenters. The molecular formula is C11H17NO3. The van der Waals surface area contributed by atoms with Crippen molar-refractivity contribution in [3.05, 3.63) is 12.3 Å². The van der Waals surface area contributed by atoms with Gasteiger partial charge in [0.1, 0.15) is 6.23 Å². The van der Waals surface area contributed by atoms with E-state index in [1.165, 1.54) is 0 Å². The molecule has 0 radical (unpaired) electrons. The highest BCUT2D eigenvalue weighted by atomic mass is 16.5. The molecule has 0 aliphatic carbocycles. The van der Waals surface area contributed by atoms with Gasteiger partial charge in [0.2, 0.25) is 5.91 Å². The van der Waals surface area contributed by atoms with Crippen LogP contribution in [0.2, 0.25) is 0 Å². The van der Waals surface area contributed by atoms with Gasteiger partial charge in [0.05, 0.1) is 12.7 Å². The molecule has 2 aliphatic rings. The smallest absolute Gasteiger partial charge is 0.228 e. The molecule has 2 aliphatic heterocycles. The number of hydrogen-bond donors (Lipinski definition) is 0. The van der Waals surface area contributed by atoms with Gasteiger partial charge in [-0.15, -0.1) is 0 Å². The Morgan fingerprint density at radius 3 is 3.20 bits per heavy atom. The average Bonchev–Trinajstić information content (AvgIpc) is 2.68. The van der Waals surface area contributed by atoms with Gasteiger partial charge >= 0.3 is 0 Å². The second-order valence-electron chi connectivity index (χ2n) is 3.97. The lowest BCUT2D eigenvalue weighted by molar-refractivity contribution is -0.141. The zero-order valence-electron chi connectivity index (χ0n) is 9.02. The van der Waals surface area contributed by atoms with Crippen LogP contribution in [0.3, 0.4) is 0 Å². The summed E-state index contributed by atoms with van der Waals surface area (Å²) in [5.74, 6) is 0.167. The molecule has 0 aromatic rings. The summed E-state index contributed by atoms with van der Waals surface area (Å²) in [5, 5.41) is 0. The lowest BCUT2D eigenvalue weighted by Gasteiger charge is -2.27. The Morgan fingerprint density at radius 1 is 1.60 bits per heavy atom. The summed E-state index contributed by atoms with van der Waals surface area (Å²) >= 11 is 0. The van der Waals surface area contributed by atoms with Crippen molar-refractivity contribution in [3.8, 4) is 0 Å². The molecule has 15 heavy (non-hydrogen) atoms. The second-order valence-corrected chi connectivity index (χ2v) is 3.97. The Labute approximate surface area is 89.8 Å². The monoisotopic (exact) mass is 211 g/mol. The van der Waals surface area contributed by atoms with Crippen molar-refractivity contribution in [1.82, 2.24) is 4.90 Å². The first-order chi connectivity index (χ1) is 7.31. The number of hydrogen-bond acceptors (Lipinski definition) is 3. The number of rotatable bonds is 3. The molecule has 0 N–H and O–H groups in total. The summed E-state index contributed by atoms with van der Waals surface area (Å²) in [6.07, 6.45) is 7.27. The maximum Gasteiger partial charge on any atom is 0.228 e. The van der Waals surface area contributed by atoms with Crippen LogP contribution in [0, 0.1) is 0 Å². The molecule has 0 spiro atoms. The highest BCUT2D eigenvalue weighted by Gasteiger charge is 2.32. The Hall–Kier alpha value is -0.870. The number of allylic oxidation sites excluding steroid dienone is 1. The van der Waals surface area contributed by atoms with Crippen LogP contribution in [0.4, 0.5) is 0 Å². The first kappa shape index (κ1) is 10.6. The molecule has 0 bridgehead atoms. The van der Waals surface area contributed by atoms with Crippen molar-refractivity contribution in [1.29, 1.82) is 0 Å². The summed E-state index contributed by atoms with van der Waals surface area (Å²) in [6.45, 7) is 0.613. The van der Waals surface area contributed by atoms with E-state index in [4.69, 9.17) is 9.47 Å². The first-order valence-corrected chi connectivity index (χ1v) is 5.43. The summed E-state index contributed by atoms with van der Waals surface area (Å²) in [4.78, 5) is 13.3. The molecule has 4 heteroatoms. The molecular weight excluding hydrogens is 194 g/mol. The number of carbonyl (C=O) groups is 1. The van der Waals surface area contributed by atoms with Gasteiger partial charge in [0.25, 0.3) is 0 Å². The van der Waals surface area contributed by atoms with Crippen LogP contribution in [0.25, 0.3) is 0 Å². The van der Waals surface area contributed by atoms with Crippen LogP contribution < -0.4 is 0 Å². The van der Waals surface area contributed by atoms with E-state index >= 15 is 0 Å². The molecule has 0 aromatic heterocycles. The quantitative estimate of drug-likeness (QED) is 0.705. The lowest BCUT2D eigenvalue weighted by atomic mass is 10.2. The fourth-order valence-electron chi connectivity index (χ4n) is 2.06. The summed E-state index contributed by atoms with van der Waals surface area (Å²) in [5.41, 5.74) is 0. The van der Waals surface area contributed by atoms with Gasteiger partial charge in [0, 0.05) is 19.7 Å². The molecule has 1 fully saturated rings. The Bertz CT molecular complexity index is 265. The maximum absolute atomic E-state index is 11.6. The zero-order chi connectivity index (χ0) is 10.7. The minimum atomic E-state index is -0.0748. The van der Waals surface area contributed by atoms with Crippen LogP contribution >= 0.6 is 0 Å². The summed E-state index contributed by atoms with van der Waals surface area (Å²) in [6, 6.07) is 0. The van der Waals surface area contributed by atoms with E-state index in [1.54, 1.807) is 12.0 Å². The van der Waals surface area contributed by atoms with Gasteiger partial charge < -0.3 is 9.47 Å². The standard InChI is InChI=1S/C11H17NO3/c1-14-8-9-5-6-11(15-9)12-7-3-2-4-10(12)13/h3,7,9,11H,2,4-6,8H2,1H3. The molecule has 0 saturated carbocycles. The molecule has 2 heterocycles.